The van der Waals surface area contributed by atoms with Gasteiger partial charge in [-0.05, 0) is 25.8 Å². The second kappa shape index (κ2) is 9.95. The minimum absolute atomic E-state index is 0.0337. The van der Waals surface area contributed by atoms with E-state index in [2.05, 4.69) is 20.6 Å². The number of nitrogens with zero attached hydrogens (tertiary/aromatic N) is 4. The van der Waals surface area contributed by atoms with Crippen molar-refractivity contribution in [2.45, 2.75) is 51.4 Å². The molecule has 1 aromatic heterocycles. The molecule has 0 spiro atoms. The second-order valence-corrected chi connectivity index (χ2v) is 8.49. The third-order valence-corrected chi connectivity index (χ3v) is 6.03. The first kappa shape index (κ1) is 23.5. The summed E-state index contributed by atoms with van der Waals surface area (Å²) in [5, 5.41) is 13.3. The normalized spacial score (nSPS) is 19.0. The molecule has 172 valence electrons. The van der Waals surface area contributed by atoms with E-state index in [-0.39, 0.29) is 18.0 Å². The fourth-order valence-corrected chi connectivity index (χ4v) is 4.05. The summed E-state index contributed by atoms with van der Waals surface area (Å²) in [5.74, 6) is 0.640. The van der Waals surface area contributed by atoms with Crippen molar-refractivity contribution in [3.05, 3.63) is 53.3 Å². The van der Waals surface area contributed by atoms with Gasteiger partial charge >= 0.3 is 6.03 Å². The van der Waals surface area contributed by atoms with Crippen molar-refractivity contribution in [3.8, 4) is 0 Å². The van der Waals surface area contributed by atoms with E-state index < -0.39 is 5.54 Å². The Kier molecular flexibility index (Phi) is 7.29. The number of nitrogens with one attached hydrogen (secondary N) is 2. The van der Waals surface area contributed by atoms with Gasteiger partial charge in [-0.15, -0.1) is 0 Å². The Hall–Kier alpha value is -3.20. The highest BCUT2D eigenvalue weighted by molar-refractivity contribution is 5.78. The lowest BCUT2D eigenvalue weighted by atomic mass is 9.97. The summed E-state index contributed by atoms with van der Waals surface area (Å²) in [5.41, 5.74) is 2.34. The SMILES string of the molecule is CN1CCC(Nc2ncc3c(n2)CN(C(=O)NCc2ccccc2)C3(C)C)CC1=O.CO. The number of amides is 3. The number of piperidine rings is 1. The van der Waals surface area contributed by atoms with E-state index >= 15 is 0 Å². The summed E-state index contributed by atoms with van der Waals surface area (Å²) in [6.45, 7) is 5.64. The lowest BCUT2D eigenvalue weighted by Crippen LogP contribution is -2.45. The quantitative estimate of drug-likeness (QED) is 0.671. The summed E-state index contributed by atoms with van der Waals surface area (Å²) in [6.07, 6.45) is 3.10. The van der Waals surface area contributed by atoms with Gasteiger partial charge < -0.3 is 25.5 Å². The third-order valence-electron chi connectivity index (χ3n) is 6.03. The van der Waals surface area contributed by atoms with Gasteiger partial charge in [-0.2, -0.15) is 0 Å². The largest absolute Gasteiger partial charge is 0.400 e. The number of rotatable bonds is 4. The van der Waals surface area contributed by atoms with E-state index in [0.717, 1.165) is 36.9 Å². The van der Waals surface area contributed by atoms with Crippen LogP contribution in [0.1, 0.15) is 43.5 Å². The number of carbonyl (C=O) groups excluding carboxylic acids is 2. The number of hydrogen-bond donors (Lipinski definition) is 3. The van der Waals surface area contributed by atoms with E-state index in [1.165, 1.54) is 0 Å². The van der Waals surface area contributed by atoms with Crippen LogP contribution in [-0.4, -0.2) is 63.6 Å². The molecule has 1 aromatic carbocycles. The fraction of sp³-hybridized carbons (Fsp3) is 0.478. The number of aliphatic hydroxyl groups is 1. The smallest absolute Gasteiger partial charge is 0.318 e. The Labute approximate surface area is 188 Å². The third kappa shape index (κ3) is 4.99. The van der Waals surface area contributed by atoms with E-state index in [1.54, 1.807) is 16.0 Å². The highest BCUT2D eigenvalue weighted by atomic mass is 16.2. The number of hydrogen-bond acceptors (Lipinski definition) is 6. The molecule has 9 heteroatoms. The summed E-state index contributed by atoms with van der Waals surface area (Å²) in [6, 6.07) is 9.75. The van der Waals surface area contributed by atoms with Crippen LogP contribution >= 0.6 is 0 Å². The topological polar surface area (TPSA) is 111 Å². The zero-order chi connectivity index (χ0) is 23.3. The van der Waals surface area contributed by atoms with Crippen LogP contribution < -0.4 is 10.6 Å². The standard InChI is InChI=1S/C22H28N6O2.CH4O/c1-22(2)17-13-23-20(25-16-9-10-27(3)19(29)11-16)26-18(17)14-28(22)21(30)24-12-15-7-5-4-6-8-15;1-2/h4-8,13,16H,9-12,14H2,1-3H3,(H,24,30)(H,23,25,26);2H,1H3. The Morgan fingerprint density at radius 1 is 1.25 bits per heavy atom. The van der Waals surface area contributed by atoms with Crippen molar-refractivity contribution in [2.75, 3.05) is 26.0 Å². The molecule has 1 unspecified atom stereocenters. The van der Waals surface area contributed by atoms with Crippen LogP contribution in [-0.2, 0) is 23.4 Å². The molecule has 3 N–H and O–H groups in total. The van der Waals surface area contributed by atoms with Crippen molar-refractivity contribution in [3.63, 3.8) is 0 Å². The molecule has 2 aliphatic heterocycles. The molecule has 0 saturated carbocycles. The Morgan fingerprint density at radius 2 is 1.97 bits per heavy atom. The molecule has 9 nitrogen and oxygen atoms in total. The highest BCUT2D eigenvalue weighted by Crippen LogP contribution is 2.37. The number of benzene rings is 1. The Bertz CT molecular complexity index is 950. The maximum absolute atomic E-state index is 12.9. The molecule has 1 fully saturated rings. The van der Waals surface area contributed by atoms with E-state index in [1.807, 2.05) is 51.2 Å². The first-order chi connectivity index (χ1) is 15.3. The number of carbonyl (C=O) groups is 2. The Morgan fingerprint density at radius 3 is 2.66 bits per heavy atom. The van der Waals surface area contributed by atoms with Crippen molar-refractivity contribution in [2.24, 2.45) is 0 Å². The van der Waals surface area contributed by atoms with Crippen LogP contribution in [0.5, 0.6) is 0 Å². The first-order valence-electron chi connectivity index (χ1n) is 10.8. The van der Waals surface area contributed by atoms with Gasteiger partial charge in [0.2, 0.25) is 11.9 Å². The summed E-state index contributed by atoms with van der Waals surface area (Å²) in [4.78, 5) is 37.5. The molecular weight excluding hydrogens is 408 g/mol. The van der Waals surface area contributed by atoms with Crippen molar-refractivity contribution in [1.29, 1.82) is 0 Å². The lowest BCUT2D eigenvalue weighted by molar-refractivity contribution is -0.132. The molecule has 0 radical (unpaired) electrons. The summed E-state index contributed by atoms with van der Waals surface area (Å²) >= 11 is 0. The van der Waals surface area contributed by atoms with E-state index in [4.69, 9.17) is 5.11 Å². The molecule has 3 amide bonds. The zero-order valence-corrected chi connectivity index (χ0v) is 19.1. The predicted molar refractivity (Wildman–Crippen MR) is 122 cm³/mol. The molecule has 3 heterocycles. The monoisotopic (exact) mass is 440 g/mol. The average Bonchev–Trinajstić information content (AvgIpc) is 3.07. The molecule has 4 rings (SSSR count). The fourth-order valence-electron chi connectivity index (χ4n) is 4.05. The number of anilines is 1. The second-order valence-electron chi connectivity index (χ2n) is 8.49. The number of fused-ring (bicyclic) bond motifs is 1. The number of aliphatic hydroxyl groups excluding tert-OH is 1. The van der Waals surface area contributed by atoms with Gasteiger partial charge in [0.05, 0.1) is 17.8 Å². The lowest BCUT2D eigenvalue weighted by Gasteiger charge is -2.32. The summed E-state index contributed by atoms with van der Waals surface area (Å²) < 4.78 is 0. The van der Waals surface area contributed by atoms with Gasteiger partial charge in [-0.25, -0.2) is 14.8 Å². The van der Waals surface area contributed by atoms with Crippen molar-refractivity contribution < 1.29 is 14.7 Å². The summed E-state index contributed by atoms with van der Waals surface area (Å²) in [7, 11) is 2.82. The van der Waals surface area contributed by atoms with Crippen LogP contribution in [0, 0.1) is 0 Å². The molecule has 0 aliphatic carbocycles. The van der Waals surface area contributed by atoms with Crippen LogP contribution in [0.15, 0.2) is 36.5 Å². The van der Waals surface area contributed by atoms with Crippen LogP contribution in [0.3, 0.4) is 0 Å². The predicted octanol–water partition coefficient (Wildman–Crippen LogP) is 2.08. The Balaban J connectivity index is 0.00000141. The molecule has 32 heavy (non-hydrogen) atoms. The van der Waals surface area contributed by atoms with Gasteiger partial charge in [-0.1, -0.05) is 30.3 Å². The molecule has 0 bridgehead atoms. The highest BCUT2D eigenvalue weighted by Gasteiger charge is 2.41. The van der Waals surface area contributed by atoms with Gasteiger partial charge in [0.1, 0.15) is 0 Å². The molecule has 2 aliphatic rings. The first-order valence-corrected chi connectivity index (χ1v) is 10.8. The molecule has 2 aromatic rings. The molecular formula is C23H32N6O3. The molecule has 1 saturated heterocycles. The van der Waals surface area contributed by atoms with Gasteiger partial charge in [0.25, 0.3) is 0 Å². The van der Waals surface area contributed by atoms with E-state index in [0.29, 0.717) is 25.5 Å². The maximum atomic E-state index is 12.9. The van der Waals surface area contributed by atoms with Crippen LogP contribution in [0.25, 0.3) is 0 Å². The molecule has 1 atom stereocenters. The van der Waals surface area contributed by atoms with Gasteiger partial charge in [0.15, 0.2) is 0 Å². The van der Waals surface area contributed by atoms with Crippen molar-refractivity contribution in [1.82, 2.24) is 25.1 Å². The minimum atomic E-state index is -0.502. The van der Waals surface area contributed by atoms with Crippen LogP contribution in [0.2, 0.25) is 0 Å². The van der Waals surface area contributed by atoms with Crippen LogP contribution in [0.4, 0.5) is 10.7 Å². The van der Waals surface area contributed by atoms with Crippen molar-refractivity contribution >= 4 is 17.9 Å². The number of aromatic nitrogens is 2. The van der Waals surface area contributed by atoms with Gasteiger partial charge in [-0.3, -0.25) is 4.79 Å². The maximum Gasteiger partial charge on any atom is 0.318 e. The zero-order valence-electron chi connectivity index (χ0n) is 19.1. The number of likely N-dealkylation sites (tertiary alicyclic amines) is 1. The minimum Gasteiger partial charge on any atom is -0.400 e. The van der Waals surface area contributed by atoms with E-state index in [9.17, 15) is 9.59 Å². The average molecular weight is 441 g/mol. The van der Waals surface area contributed by atoms with Gasteiger partial charge in [0, 0.05) is 51.5 Å². The number of urea groups is 1.